The molecule has 6 heteroatoms. The average molecular weight is 320 g/mol. The third-order valence-electron chi connectivity index (χ3n) is 3.15. The van der Waals surface area contributed by atoms with Crippen LogP contribution in [0.4, 0.5) is 0 Å². The van der Waals surface area contributed by atoms with Crippen molar-refractivity contribution < 1.29 is 30.0 Å². The van der Waals surface area contributed by atoms with Crippen LogP contribution < -0.4 is 0 Å². The summed E-state index contributed by atoms with van der Waals surface area (Å²) < 4.78 is 0. The number of carboxylic acid groups (broad SMARTS) is 2. The molecule has 1 fully saturated rings. The molecule has 4 N–H and O–H groups in total. The predicted molar refractivity (Wildman–Crippen MR) is 84.8 cm³/mol. The van der Waals surface area contributed by atoms with E-state index >= 15 is 0 Å². The Balaban J connectivity index is 0. The minimum absolute atomic E-state index is 0.123. The van der Waals surface area contributed by atoms with Crippen molar-refractivity contribution in [3.8, 4) is 0 Å². The quantitative estimate of drug-likeness (QED) is 0.545. The molecule has 0 aromatic rings. The van der Waals surface area contributed by atoms with E-state index in [1.807, 2.05) is 0 Å². The van der Waals surface area contributed by atoms with Crippen LogP contribution in [-0.4, -0.2) is 44.6 Å². The van der Waals surface area contributed by atoms with Gasteiger partial charge in [0.2, 0.25) is 0 Å². The number of rotatable bonds is 0. The van der Waals surface area contributed by atoms with Crippen molar-refractivity contribution in [3.05, 3.63) is 0 Å². The number of carboxylic acids is 2. The lowest BCUT2D eigenvalue weighted by atomic mass is 9.98. The van der Waals surface area contributed by atoms with Gasteiger partial charge in [-0.3, -0.25) is 9.59 Å². The Labute approximate surface area is 133 Å². The highest BCUT2D eigenvalue weighted by atomic mass is 16.4. The van der Waals surface area contributed by atoms with Crippen molar-refractivity contribution in [1.29, 1.82) is 0 Å². The van der Waals surface area contributed by atoms with Gasteiger partial charge in [0.05, 0.1) is 12.2 Å². The molecule has 132 valence electrons. The van der Waals surface area contributed by atoms with E-state index in [0.29, 0.717) is 0 Å². The van der Waals surface area contributed by atoms with Gasteiger partial charge in [-0.1, -0.05) is 32.1 Å². The maximum absolute atomic E-state index is 9.60. The molecule has 0 aliphatic heterocycles. The Morgan fingerprint density at radius 1 is 0.636 bits per heavy atom. The highest BCUT2D eigenvalue weighted by molar-refractivity contribution is 5.63. The van der Waals surface area contributed by atoms with Crippen LogP contribution in [0.3, 0.4) is 0 Å². The predicted octanol–water partition coefficient (Wildman–Crippen LogP) is 2.80. The van der Waals surface area contributed by atoms with Crippen LogP contribution in [-0.2, 0) is 9.59 Å². The maximum Gasteiger partial charge on any atom is 0.300 e. The van der Waals surface area contributed by atoms with Crippen LogP contribution in [0, 0.1) is 0 Å². The van der Waals surface area contributed by atoms with Crippen LogP contribution in [0.1, 0.15) is 78.1 Å². The highest BCUT2D eigenvalue weighted by Crippen LogP contribution is 2.16. The van der Waals surface area contributed by atoms with E-state index in [0.717, 1.165) is 46.0 Å². The van der Waals surface area contributed by atoms with Crippen molar-refractivity contribution >= 4 is 11.9 Å². The first-order chi connectivity index (χ1) is 10.3. The summed E-state index contributed by atoms with van der Waals surface area (Å²) in [6.45, 7) is 2.17. The van der Waals surface area contributed by atoms with Gasteiger partial charge in [-0.2, -0.15) is 0 Å². The van der Waals surface area contributed by atoms with E-state index in [-0.39, 0.29) is 12.2 Å². The number of hydrogen-bond acceptors (Lipinski definition) is 4. The molecule has 2 unspecified atom stereocenters. The summed E-state index contributed by atoms with van der Waals surface area (Å²) in [5.74, 6) is -1.67. The smallest absolute Gasteiger partial charge is 0.300 e. The molecule has 0 radical (unpaired) electrons. The Hall–Kier alpha value is -1.14. The molecule has 0 amide bonds. The zero-order valence-electron chi connectivity index (χ0n) is 13.8. The summed E-state index contributed by atoms with van der Waals surface area (Å²) in [6.07, 6.45) is 10.5. The number of carbonyl (C=O) groups is 2. The minimum atomic E-state index is -0.833. The Morgan fingerprint density at radius 3 is 1.18 bits per heavy atom. The second-order valence-electron chi connectivity index (χ2n) is 5.62. The molecule has 2 atom stereocenters. The lowest BCUT2D eigenvalue weighted by Gasteiger charge is -2.14. The first-order valence-corrected chi connectivity index (χ1v) is 8.00. The Bertz CT molecular complexity index is 246. The van der Waals surface area contributed by atoms with Gasteiger partial charge in [-0.25, -0.2) is 0 Å². The molecule has 0 spiro atoms. The first kappa shape index (κ1) is 23.1. The van der Waals surface area contributed by atoms with Crippen molar-refractivity contribution in [3.63, 3.8) is 0 Å². The van der Waals surface area contributed by atoms with Gasteiger partial charge >= 0.3 is 0 Å². The molecule has 0 aromatic heterocycles. The number of aliphatic hydroxyl groups excluding tert-OH is 2. The fourth-order valence-corrected chi connectivity index (χ4v) is 2.17. The maximum atomic E-state index is 9.60. The molecule has 0 aromatic carbocycles. The third kappa shape index (κ3) is 27.2. The van der Waals surface area contributed by atoms with Gasteiger partial charge in [0.25, 0.3) is 11.9 Å². The van der Waals surface area contributed by atoms with Crippen LogP contribution in [0.5, 0.6) is 0 Å². The van der Waals surface area contributed by atoms with E-state index in [1.54, 1.807) is 0 Å². The zero-order valence-corrected chi connectivity index (χ0v) is 13.8. The largest absolute Gasteiger partial charge is 0.481 e. The summed E-state index contributed by atoms with van der Waals surface area (Å²) in [7, 11) is 0. The Morgan fingerprint density at radius 2 is 0.864 bits per heavy atom. The van der Waals surface area contributed by atoms with Crippen molar-refractivity contribution in [2.75, 3.05) is 0 Å². The number of aliphatic carboxylic acids is 2. The highest BCUT2D eigenvalue weighted by Gasteiger charge is 2.09. The molecule has 1 rings (SSSR count). The first-order valence-electron chi connectivity index (χ1n) is 8.00. The van der Waals surface area contributed by atoms with Crippen LogP contribution in [0.2, 0.25) is 0 Å². The van der Waals surface area contributed by atoms with Gasteiger partial charge in [0, 0.05) is 13.8 Å². The number of hydrogen-bond donors (Lipinski definition) is 4. The lowest BCUT2D eigenvalue weighted by Crippen LogP contribution is -2.11. The second kappa shape index (κ2) is 16.2. The molecule has 1 aliphatic carbocycles. The van der Waals surface area contributed by atoms with Crippen LogP contribution in [0.15, 0.2) is 0 Å². The van der Waals surface area contributed by atoms with E-state index < -0.39 is 11.9 Å². The monoisotopic (exact) mass is 320 g/mol. The van der Waals surface area contributed by atoms with E-state index in [4.69, 9.17) is 19.8 Å². The fraction of sp³-hybridized carbons (Fsp3) is 0.875. The molecule has 1 aliphatic rings. The summed E-state index contributed by atoms with van der Waals surface area (Å²) in [5.41, 5.74) is 0. The van der Waals surface area contributed by atoms with Crippen molar-refractivity contribution in [2.45, 2.75) is 90.3 Å². The number of aliphatic hydroxyl groups is 2. The standard InChI is InChI=1S/C12H24O2.2C2H4O2/c13-11-7-4-2-1-3-5-8-12(14)10-6-9-11;2*1-2(3)4/h11-14H,1-10H2;2*1H3,(H,3,4). The average Bonchev–Trinajstić information content (AvgIpc) is 2.34. The fourth-order valence-electron chi connectivity index (χ4n) is 2.17. The summed E-state index contributed by atoms with van der Waals surface area (Å²) >= 11 is 0. The minimum Gasteiger partial charge on any atom is -0.481 e. The summed E-state index contributed by atoms with van der Waals surface area (Å²) in [4.78, 5) is 18.0. The molecule has 22 heavy (non-hydrogen) atoms. The molecule has 1 saturated carbocycles. The van der Waals surface area contributed by atoms with Crippen LogP contribution >= 0.6 is 0 Å². The Kier molecular flexibility index (Phi) is 17.1. The molecule has 6 nitrogen and oxygen atoms in total. The normalized spacial score (nSPS) is 23.3. The SMILES string of the molecule is CC(=O)O.CC(=O)O.OC1CCCCCCCC(O)CCC1. The van der Waals surface area contributed by atoms with Crippen molar-refractivity contribution in [1.82, 2.24) is 0 Å². The van der Waals surface area contributed by atoms with E-state index in [2.05, 4.69) is 0 Å². The van der Waals surface area contributed by atoms with Gasteiger partial charge in [-0.15, -0.1) is 0 Å². The van der Waals surface area contributed by atoms with E-state index in [9.17, 15) is 10.2 Å². The van der Waals surface area contributed by atoms with Gasteiger partial charge in [0.1, 0.15) is 0 Å². The topological polar surface area (TPSA) is 115 Å². The van der Waals surface area contributed by atoms with Gasteiger partial charge < -0.3 is 20.4 Å². The van der Waals surface area contributed by atoms with Crippen LogP contribution in [0.25, 0.3) is 0 Å². The van der Waals surface area contributed by atoms with Gasteiger partial charge in [0.15, 0.2) is 0 Å². The summed E-state index contributed by atoms with van der Waals surface area (Å²) in [5, 5.41) is 34.0. The second-order valence-corrected chi connectivity index (χ2v) is 5.62. The van der Waals surface area contributed by atoms with Gasteiger partial charge in [-0.05, 0) is 32.1 Å². The lowest BCUT2D eigenvalue weighted by molar-refractivity contribution is -0.135. The molecule has 0 bridgehead atoms. The third-order valence-corrected chi connectivity index (χ3v) is 3.15. The van der Waals surface area contributed by atoms with E-state index in [1.165, 1.54) is 32.1 Å². The molecular formula is C16H32O6. The molecular weight excluding hydrogens is 288 g/mol. The molecule has 0 saturated heterocycles. The van der Waals surface area contributed by atoms with Crippen molar-refractivity contribution in [2.24, 2.45) is 0 Å². The summed E-state index contributed by atoms with van der Waals surface area (Å²) in [6, 6.07) is 0. The zero-order chi connectivity index (χ0) is 17.4. The molecule has 0 heterocycles.